The van der Waals surface area contributed by atoms with Crippen molar-refractivity contribution in [3.05, 3.63) is 58.6 Å². The topological polar surface area (TPSA) is 50.4 Å². The predicted octanol–water partition coefficient (Wildman–Crippen LogP) is 4.27. The van der Waals surface area contributed by atoms with Crippen molar-refractivity contribution < 1.29 is 9.53 Å². The molecule has 2 aromatic carbocycles. The molecule has 1 saturated carbocycles. The van der Waals surface area contributed by atoms with E-state index in [0.717, 1.165) is 48.2 Å². The van der Waals surface area contributed by atoms with Crippen LogP contribution in [0, 0.1) is 0 Å². The lowest BCUT2D eigenvalue weighted by atomic mass is 9.69. The van der Waals surface area contributed by atoms with E-state index in [1.165, 1.54) is 0 Å². The molecule has 4 rings (SSSR count). The first kappa shape index (κ1) is 17.4. The molecule has 1 spiro atoms. The zero-order valence-electron chi connectivity index (χ0n) is 14.8. The average molecular weight is 371 g/mol. The Morgan fingerprint density at radius 2 is 1.96 bits per heavy atom. The van der Waals surface area contributed by atoms with Crippen LogP contribution in [0.2, 0.25) is 5.02 Å². The van der Waals surface area contributed by atoms with Crippen LogP contribution in [-0.4, -0.2) is 19.1 Å². The van der Waals surface area contributed by atoms with Crippen molar-refractivity contribution in [2.45, 2.75) is 43.7 Å². The highest BCUT2D eigenvalue weighted by Crippen LogP contribution is 2.47. The van der Waals surface area contributed by atoms with Crippen LogP contribution >= 0.6 is 11.6 Å². The van der Waals surface area contributed by atoms with Gasteiger partial charge in [-0.2, -0.15) is 0 Å². The standard InChI is InChI=1S/C21H23ClN2O2/c1-26-19-8-4-6-17(22)15(19)13-23-14-9-11-21(12-10-14)16-5-2-3-7-18(16)24-20(21)25/h2-8,14,23H,9-13H2,1H3,(H,24,25). The minimum absolute atomic E-state index is 0.157. The first-order valence-corrected chi connectivity index (χ1v) is 9.47. The zero-order valence-corrected chi connectivity index (χ0v) is 15.6. The molecule has 0 unspecified atom stereocenters. The molecule has 2 aliphatic rings. The summed E-state index contributed by atoms with van der Waals surface area (Å²) in [5.41, 5.74) is 2.78. The van der Waals surface area contributed by atoms with Crippen molar-refractivity contribution in [1.29, 1.82) is 0 Å². The van der Waals surface area contributed by atoms with E-state index < -0.39 is 0 Å². The fourth-order valence-electron chi connectivity index (χ4n) is 4.33. The molecule has 26 heavy (non-hydrogen) atoms. The van der Waals surface area contributed by atoms with Crippen LogP contribution < -0.4 is 15.4 Å². The summed E-state index contributed by atoms with van der Waals surface area (Å²) in [6, 6.07) is 14.2. The molecule has 136 valence electrons. The Kier molecular flexibility index (Phi) is 4.63. The van der Waals surface area contributed by atoms with E-state index in [1.54, 1.807) is 7.11 Å². The molecule has 4 nitrogen and oxygen atoms in total. The van der Waals surface area contributed by atoms with Gasteiger partial charge in [0.05, 0.1) is 12.5 Å². The van der Waals surface area contributed by atoms with Crippen LogP contribution in [0.4, 0.5) is 5.69 Å². The van der Waals surface area contributed by atoms with Crippen molar-refractivity contribution >= 4 is 23.2 Å². The number of carbonyl (C=O) groups is 1. The van der Waals surface area contributed by atoms with E-state index >= 15 is 0 Å². The molecule has 0 bridgehead atoms. The highest BCUT2D eigenvalue weighted by atomic mass is 35.5. The summed E-state index contributed by atoms with van der Waals surface area (Å²) in [7, 11) is 1.66. The molecule has 1 amide bonds. The second-order valence-corrected chi connectivity index (χ2v) is 7.56. The van der Waals surface area contributed by atoms with E-state index in [9.17, 15) is 4.79 Å². The number of para-hydroxylation sites is 1. The van der Waals surface area contributed by atoms with Gasteiger partial charge in [0, 0.05) is 28.9 Å². The number of fused-ring (bicyclic) bond motifs is 2. The van der Waals surface area contributed by atoms with E-state index in [0.29, 0.717) is 17.6 Å². The lowest BCUT2D eigenvalue weighted by Crippen LogP contribution is -2.43. The molecule has 0 saturated heterocycles. The van der Waals surface area contributed by atoms with Crippen molar-refractivity contribution in [2.75, 3.05) is 12.4 Å². The number of anilines is 1. The second kappa shape index (κ2) is 6.93. The first-order chi connectivity index (χ1) is 12.6. The van der Waals surface area contributed by atoms with Crippen LogP contribution in [0.25, 0.3) is 0 Å². The molecule has 0 atom stereocenters. The van der Waals surface area contributed by atoms with Gasteiger partial charge in [-0.1, -0.05) is 35.9 Å². The molecule has 0 aromatic heterocycles. The minimum atomic E-state index is -0.350. The van der Waals surface area contributed by atoms with Crippen LogP contribution in [0.1, 0.15) is 36.8 Å². The second-order valence-electron chi connectivity index (χ2n) is 7.16. The third kappa shape index (κ3) is 2.87. The quantitative estimate of drug-likeness (QED) is 0.844. The fraction of sp³-hybridized carbons (Fsp3) is 0.381. The Hall–Kier alpha value is -2.04. The molecular formula is C21H23ClN2O2. The van der Waals surface area contributed by atoms with Gasteiger partial charge < -0.3 is 15.4 Å². The lowest BCUT2D eigenvalue weighted by molar-refractivity contribution is -0.122. The molecule has 1 aliphatic carbocycles. The Morgan fingerprint density at radius 3 is 2.73 bits per heavy atom. The molecule has 1 fully saturated rings. The van der Waals surface area contributed by atoms with Crippen molar-refractivity contribution in [1.82, 2.24) is 5.32 Å². The minimum Gasteiger partial charge on any atom is -0.496 e. The summed E-state index contributed by atoms with van der Waals surface area (Å²) in [4.78, 5) is 12.7. The van der Waals surface area contributed by atoms with Gasteiger partial charge in [-0.05, 0) is 49.4 Å². The van der Waals surface area contributed by atoms with Gasteiger partial charge in [-0.25, -0.2) is 0 Å². The molecule has 5 heteroatoms. The van der Waals surface area contributed by atoms with E-state index in [-0.39, 0.29) is 11.3 Å². The lowest BCUT2D eigenvalue weighted by Gasteiger charge is -2.36. The number of benzene rings is 2. The van der Waals surface area contributed by atoms with E-state index in [2.05, 4.69) is 16.7 Å². The van der Waals surface area contributed by atoms with Gasteiger partial charge in [0.1, 0.15) is 5.75 Å². The largest absolute Gasteiger partial charge is 0.496 e. The highest BCUT2D eigenvalue weighted by Gasteiger charge is 2.48. The Bertz CT molecular complexity index is 829. The number of hydrogen-bond acceptors (Lipinski definition) is 3. The van der Waals surface area contributed by atoms with Gasteiger partial charge in [-0.15, -0.1) is 0 Å². The monoisotopic (exact) mass is 370 g/mol. The van der Waals surface area contributed by atoms with Gasteiger partial charge in [-0.3, -0.25) is 4.79 Å². The molecule has 2 aromatic rings. The number of ether oxygens (including phenoxy) is 1. The van der Waals surface area contributed by atoms with Gasteiger partial charge in [0.2, 0.25) is 5.91 Å². The number of rotatable bonds is 4. The van der Waals surface area contributed by atoms with Crippen molar-refractivity contribution in [3.63, 3.8) is 0 Å². The number of nitrogens with one attached hydrogen (secondary N) is 2. The van der Waals surface area contributed by atoms with Crippen molar-refractivity contribution in [3.8, 4) is 5.75 Å². The number of amides is 1. The van der Waals surface area contributed by atoms with Gasteiger partial charge >= 0.3 is 0 Å². The molecule has 0 radical (unpaired) electrons. The average Bonchev–Trinajstić information content (AvgIpc) is 2.93. The number of carbonyl (C=O) groups excluding carboxylic acids is 1. The summed E-state index contributed by atoms with van der Waals surface area (Å²) in [5.74, 6) is 0.964. The van der Waals surface area contributed by atoms with Crippen LogP contribution in [0.5, 0.6) is 5.75 Å². The normalized spacial score (nSPS) is 24.4. The van der Waals surface area contributed by atoms with Crippen molar-refractivity contribution in [2.24, 2.45) is 0 Å². The zero-order chi connectivity index (χ0) is 18.1. The Balaban J connectivity index is 1.43. The summed E-state index contributed by atoms with van der Waals surface area (Å²) in [6.07, 6.45) is 3.67. The molecule has 1 heterocycles. The van der Waals surface area contributed by atoms with Gasteiger partial charge in [0.15, 0.2) is 0 Å². The fourth-order valence-corrected chi connectivity index (χ4v) is 4.57. The van der Waals surface area contributed by atoms with Gasteiger partial charge in [0.25, 0.3) is 0 Å². The number of hydrogen-bond donors (Lipinski definition) is 2. The maximum Gasteiger partial charge on any atom is 0.235 e. The third-order valence-corrected chi connectivity index (χ3v) is 6.18. The van der Waals surface area contributed by atoms with Crippen LogP contribution in [-0.2, 0) is 16.8 Å². The third-order valence-electron chi connectivity index (χ3n) is 5.83. The SMILES string of the molecule is COc1cccc(Cl)c1CNC1CCC2(CC1)C(=O)Nc1ccccc12. The predicted molar refractivity (Wildman–Crippen MR) is 104 cm³/mol. The summed E-state index contributed by atoms with van der Waals surface area (Å²) in [5, 5.41) is 7.38. The molecule has 1 aliphatic heterocycles. The maximum absolute atomic E-state index is 12.7. The molecule has 2 N–H and O–H groups in total. The number of halogens is 1. The smallest absolute Gasteiger partial charge is 0.235 e. The van der Waals surface area contributed by atoms with E-state index in [1.807, 2.05) is 36.4 Å². The maximum atomic E-state index is 12.7. The van der Waals surface area contributed by atoms with Crippen LogP contribution in [0.3, 0.4) is 0 Å². The van der Waals surface area contributed by atoms with E-state index in [4.69, 9.17) is 16.3 Å². The Labute approximate surface area is 158 Å². The van der Waals surface area contributed by atoms with Crippen LogP contribution in [0.15, 0.2) is 42.5 Å². The highest BCUT2D eigenvalue weighted by molar-refractivity contribution is 6.31. The Morgan fingerprint density at radius 1 is 1.19 bits per heavy atom. The summed E-state index contributed by atoms with van der Waals surface area (Å²) in [6.45, 7) is 0.670. The summed E-state index contributed by atoms with van der Waals surface area (Å²) >= 11 is 6.33. The molecular weight excluding hydrogens is 348 g/mol. The summed E-state index contributed by atoms with van der Waals surface area (Å²) < 4.78 is 5.42. The number of methoxy groups -OCH3 is 1. The first-order valence-electron chi connectivity index (χ1n) is 9.10.